The van der Waals surface area contributed by atoms with Crippen LogP contribution < -0.4 is 15.8 Å². The molecule has 3 N–H and O–H groups in total. The van der Waals surface area contributed by atoms with Gasteiger partial charge >= 0.3 is 6.09 Å². The fraction of sp³-hybridized carbons (Fsp3) is 0.467. The van der Waals surface area contributed by atoms with E-state index in [4.69, 9.17) is 22.7 Å². The minimum Gasteiger partial charge on any atom is -0.410 e. The van der Waals surface area contributed by atoms with Crippen molar-refractivity contribution in [2.45, 2.75) is 38.1 Å². The van der Waals surface area contributed by atoms with Crippen molar-refractivity contribution >= 4 is 23.3 Å². The second-order valence-electron chi connectivity index (χ2n) is 5.13. The smallest absolute Gasteiger partial charge is 0.410 e. The van der Waals surface area contributed by atoms with Gasteiger partial charge in [0, 0.05) is 0 Å². The number of ether oxygens (including phenoxy) is 1. The second-order valence-corrected chi connectivity index (χ2v) is 5.60. The van der Waals surface area contributed by atoms with E-state index in [1.54, 1.807) is 12.1 Å². The lowest BCUT2D eigenvalue weighted by atomic mass is 9.84. The van der Waals surface area contributed by atoms with E-state index in [1.165, 1.54) is 19.3 Å². The van der Waals surface area contributed by atoms with Crippen molar-refractivity contribution in [3.8, 4) is 5.75 Å². The van der Waals surface area contributed by atoms with E-state index in [0.29, 0.717) is 16.7 Å². The molecule has 1 atom stereocenters. The standard InChI is InChI=1S/C15H20N2O2S/c16-14(20)13(11-7-3-1-4-8-11)17-15(18)19-12-9-5-2-6-10-12/h2,5-6,9-11,13H,1,3-4,7-8H2,(H2,16,20)(H,17,18). The number of para-hydroxylation sites is 1. The Balaban J connectivity index is 1.93. The van der Waals surface area contributed by atoms with E-state index >= 15 is 0 Å². The summed E-state index contributed by atoms with van der Waals surface area (Å²) in [5.41, 5.74) is 5.77. The van der Waals surface area contributed by atoms with Crippen molar-refractivity contribution < 1.29 is 9.53 Å². The SMILES string of the molecule is NC(=S)C(NC(=O)Oc1ccccc1)C1CCCCC1. The highest BCUT2D eigenvalue weighted by atomic mass is 32.1. The van der Waals surface area contributed by atoms with Crippen LogP contribution in [0.3, 0.4) is 0 Å². The average Bonchev–Trinajstić information content (AvgIpc) is 2.46. The minimum atomic E-state index is -0.500. The number of nitrogens with one attached hydrogen (secondary N) is 1. The van der Waals surface area contributed by atoms with Crippen molar-refractivity contribution in [3.05, 3.63) is 30.3 Å². The molecule has 0 spiro atoms. The van der Waals surface area contributed by atoms with Gasteiger partial charge in [0.05, 0.1) is 11.0 Å². The number of carbonyl (C=O) groups is 1. The van der Waals surface area contributed by atoms with Gasteiger partial charge in [-0.2, -0.15) is 0 Å². The summed E-state index contributed by atoms with van der Waals surface area (Å²) in [4.78, 5) is 12.3. The third-order valence-corrected chi connectivity index (χ3v) is 3.91. The molecule has 1 aromatic rings. The molecule has 0 aliphatic heterocycles. The van der Waals surface area contributed by atoms with E-state index in [0.717, 1.165) is 12.8 Å². The Morgan fingerprint density at radius 3 is 2.50 bits per heavy atom. The summed E-state index contributed by atoms with van der Waals surface area (Å²) < 4.78 is 5.22. The number of hydrogen-bond acceptors (Lipinski definition) is 3. The van der Waals surface area contributed by atoms with Gasteiger partial charge < -0.3 is 15.8 Å². The highest BCUT2D eigenvalue weighted by molar-refractivity contribution is 7.80. The molecule has 0 radical (unpaired) electrons. The molecule has 1 aliphatic carbocycles. The molecule has 1 unspecified atom stereocenters. The quantitative estimate of drug-likeness (QED) is 0.837. The number of nitrogens with two attached hydrogens (primary N) is 1. The number of thiocarbonyl (C=S) groups is 1. The minimum absolute atomic E-state index is 0.276. The van der Waals surface area contributed by atoms with Crippen LogP contribution in [0.2, 0.25) is 0 Å². The van der Waals surface area contributed by atoms with Crippen LogP contribution in [0, 0.1) is 5.92 Å². The molecule has 4 nitrogen and oxygen atoms in total. The maximum atomic E-state index is 11.9. The van der Waals surface area contributed by atoms with Gasteiger partial charge in [-0.25, -0.2) is 4.79 Å². The van der Waals surface area contributed by atoms with Crippen LogP contribution in [0.5, 0.6) is 5.75 Å². The Kier molecular flexibility index (Phi) is 5.35. The summed E-state index contributed by atoms with van der Waals surface area (Å²) in [6.07, 6.45) is 5.17. The van der Waals surface area contributed by atoms with E-state index in [2.05, 4.69) is 5.32 Å². The van der Waals surface area contributed by atoms with E-state index in [9.17, 15) is 4.79 Å². The summed E-state index contributed by atoms with van der Waals surface area (Å²) in [7, 11) is 0. The van der Waals surface area contributed by atoms with Gasteiger partial charge in [0.15, 0.2) is 0 Å². The maximum absolute atomic E-state index is 11.9. The third kappa shape index (κ3) is 4.20. The predicted molar refractivity (Wildman–Crippen MR) is 82.8 cm³/mol. The average molecular weight is 292 g/mol. The summed E-state index contributed by atoms with van der Waals surface area (Å²) in [5.74, 6) is 0.833. The van der Waals surface area contributed by atoms with Crippen molar-refractivity contribution in [3.63, 3.8) is 0 Å². The largest absolute Gasteiger partial charge is 0.413 e. The maximum Gasteiger partial charge on any atom is 0.413 e. The van der Waals surface area contributed by atoms with E-state index < -0.39 is 6.09 Å². The molecule has 5 heteroatoms. The first-order valence-corrected chi connectivity index (χ1v) is 7.40. The third-order valence-electron chi connectivity index (χ3n) is 3.65. The normalized spacial score (nSPS) is 17.2. The Morgan fingerprint density at radius 2 is 1.90 bits per heavy atom. The first kappa shape index (κ1) is 14.8. The number of benzene rings is 1. The molecule has 1 aliphatic rings. The molecule has 108 valence electrons. The molecular formula is C15H20N2O2S. The van der Waals surface area contributed by atoms with Gasteiger partial charge in [-0.3, -0.25) is 0 Å². The van der Waals surface area contributed by atoms with Crippen LogP contribution in [0.4, 0.5) is 4.79 Å². The van der Waals surface area contributed by atoms with Crippen LogP contribution in [-0.4, -0.2) is 17.1 Å². The summed E-state index contributed by atoms with van der Waals surface area (Å²) in [6.45, 7) is 0. The van der Waals surface area contributed by atoms with Gasteiger partial charge in [-0.1, -0.05) is 49.7 Å². The monoisotopic (exact) mass is 292 g/mol. The van der Waals surface area contributed by atoms with Crippen LogP contribution in [0.15, 0.2) is 30.3 Å². The van der Waals surface area contributed by atoms with Gasteiger partial charge in [0.1, 0.15) is 5.75 Å². The molecule has 1 aromatic carbocycles. The molecule has 0 bridgehead atoms. The zero-order valence-corrected chi connectivity index (χ0v) is 12.2. The van der Waals surface area contributed by atoms with Crippen molar-refractivity contribution in [2.24, 2.45) is 11.7 Å². The predicted octanol–water partition coefficient (Wildman–Crippen LogP) is 3.01. The van der Waals surface area contributed by atoms with Crippen molar-refractivity contribution in [1.29, 1.82) is 0 Å². The Labute approximate surface area is 124 Å². The molecule has 1 saturated carbocycles. The molecule has 2 rings (SSSR count). The van der Waals surface area contributed by atoms with Crippen LogP contribution in [0.25, 0.3) is 0 Å². The first-order valence-electron chi connectivity index (χ1n) is 6.99. The first-order chi connectivity index (χ1) is 9.66. The molecule has 0 aromatic heterocycles. The van der Waals surface area contributed by atoms with Crippen molar-refractivity contribution in [2.75, 3.05) is 0 Å². The molecule has 0 heterocycles. The van der Waals surface area contributed by atoms with E-state index in [-0.39, 0.29) is 6.04 Å². The van der Waals surface area contributed by atoms with Crippen molar-refractivity contribution in [1.82, 2.24) is 5.32 Å². The van der Waals surface area contributed by atoms with Gasteiger partial charge in [-0.05, 0) is 30.9 Å². The molecule has 0 saturated heterocycles. The molecule has 1 fully saturated rings. The molecule has 1 amide bonds. The fourth-order valence-electron chi connectivity index (χ4n) is 2.64. The van der Waals surface area contributed by atoms with Crippen LogP contribution >= 0.6 is 12.2 Å². The summed E-state index contributed by atoms with van der Waals surface area (Å²) in [5, 5.41) is 2.81. The van der Waals surface area contributed by atoms with Gasteiger partial charge in [-0.15, -0.1) is 0 Å². The Hall–Kier alpha value is -1.62. The van der Waals surface area contributed by atoms with Gasteiger partial charge in [0.25, 0.3) is 0 Å². The zero-order valence-electron chi connectivity index (χ0n) is 11.4. The fourth-order valence-corrected chi connectivity index (χ4v) is 2.89. The number of hydrogen-bond donors (Lipinski definition) is 2. The van der Waals surface area contributed by atoms with Gasteiger partial charge in [0.2, 0.25) is 0 Å². The number of carbonyl (C=O) groups excluding carboxylic acids is 1. The summed E-state index contributed by atoms with van der Waals surface area (Å²) in [6, 6.07) is 8.68. The highest BCUT2D eigenvalue weighted by Crippen LogP contribution is 2.26. The van der Waals surface area contributed by atoms with Crippen LogP contribution in [0.1, 0.15) is 32.1 Å². The van der Waals surface area contributed by atoms with E-state index in [1.807, 2.05) is 18.2 Å². The highest BCUT2D eigenvalue weighted by Gasteiger charge is 2.27. The summed E-state index contributed by atoms with van der Waals surface area (Å²) >= 11 is 5.09. The molecule has 20 heavy (non-hydrogen) atoms. The lowest BCUT2D eigenvalue weighted by Gasteiger charge is -2.29. The number of amides is 1. The zero-order chi connectivity index (χ0) is 14.4. The molecular weight excluding hydrogens is 272 g/mol. The lowest BCUT2D eigenvalue weighted by molar-refractivity contribution is 0.192. The lowest BCUT2D eigenvalue weighted by Crippen LogP contribution is -2.49. The van der Waals surface area contributed by atoms with Crippen LogP contribution in [-0.2, 0) is 0 Å². The second kappa shape index (κ2) is 7.24. The Bertz CT molecular complexity index is 458. The number of rotatable bonds is 4. The topological polar surface area (TPSA) is 64.3 Å². The Morgan fingerprint density at radius 1 is 1.25 bits per heavy atom.